The van der Waals surface area contributed by atoms with E-state index in [1.807, 2.05) is 14.1 Å². The summed E-state index contributed by atoms with van der Waals surface area (Å²) in [6.07, 6.45) is 2.22. The van der Waals surface area contributed by atoms with Crippen LogP contribution >= 0.6 is 12.4 Å². The zero-order chi connectivity index (χ0) is 15.5. The number of hydrogen-bond donors (Lipinski definition) is 0. The number of carbonyl (C=O) groups excluding carboxylic acids is 1. The van der Waals surface area contributed by atoms with E-state index in [0.29, 0.717) is 5.92 Å². The van der Waals surface area contributed by atoms with E-state index < -0.39 is 0 Å². The van der Waals surface area contributed by atoms with Gasteiger partial charge in [0, 0.05) is 26.1 Å². The number of benzene rings is 1. The topological polar surface area (TPSA) is 23.6 Å². The van der Waals surface area contributed by atoms with Gasteiger partial charge in [-0.1, -0.05) is 44.2 Å². The van der Waals surface area contributed by atoms with Gasteiger partial charge in [0.15, 0.2) is 0 Å². The highest BCUT2D eigenvalue weighted by Crippen LogP contribution is 2.36. The first-order valence-electron chi connectivity index (χ1n) is 7.89. The van der Waals surface area contributed by atoms with E-state index in [1.54, 1.807) is 4.90 Å². The molecule has 0 saturated carbocycles. The molecule has 0 aromatic heterocycles. The Morgan fingerprint density at radius 3 is 2.23 bits per heavy atom. The quantitative estimate of drug-likeness (QED) is 0.847. The van der Waals surface area contributed by atoms with Gasteiger partial charge in [0.05, 0.1) is 0 Å². The molecule has 0 N–H and O–H groups in total. The molecule has 1 aliphatic heterocycles. The lowest BCUT2D eigenvalue weighted by Crippen LogP contribution is -2.45. The average molecular weight is 325 g/mol. The molecule has 1 aromatic rings. The minimum atomic E-state index is -0.248. The minimum absolute atomic E-state index is 0. The molecule has 0 spiro atoms. The molecule has 0 aliphatic carbocycles. The third-order valence-electron chi connectivity index (χ3n) is 4.81. The SMILES string of the molecule is CN(C)C(=O)C(C)(C)C1CCN(Cc2ccccc2)CC1.Cl. The van der Waals surface area contributed by atoms with Crippen LogP contribution in [-0.4, -0.2) is 42.9 Å². The molecule has 1 fully saturated rings. The molecule has 0 unspecified atom stereocenters. The third-order valence-corrected chi connectivity index (χ3v) is 4.81. The van der Waals surface area contributed by atoms with Crippen LogP contribution in [0.4, 0.5) is 0 Å². The maximum atomic E-state index is 12.3. The molecule has 1 heterocycles. The highest BCUT2D eigenvalue weighted by Gasteiger charge is 2.39. The summed E-state index contributed by atoms with van der Waals surface area (Å²) in [5.74, 6) is 0.739. The van der Waals surface area contributed by atoms with Gasteiger partial charge in [-0.3, -0.25) is 9.69 Å². The van der Waals surface area contributed by atoms with Crippen molar-refractivity contribution in [1.82, 2.24) is 9.80 Å². The van der Waals surface area contributed by atoms with E-state index in [4.69, 9.17) is 0 Å². The monoisotopic (exact) mass is 324 g/mol. The van der Waals surface area contributed by atoms with E-state index in [-0.39, 0.29) is 23.7 Å². The summed E-state index contributed by atoms with van der Waals surface area (Å²) in [6, 6.07) is 10.6. The van der Waals surface area contributed by atoms with Crippen LogP contribution in [-0.2, 0) is 11.3 Å². The number of piperidine rings is 1. The molecule has 1 saturated heterocycles. The number of rotatable bonds is 4. The van der Waals surface area contributed by atoms with Crippen molar-refractivity contribution in [1.29, 1.82) is 0 Å². The van der Waals surface area contributed by atoms with Gasteiger partial charge in [0.2, 0.25) is 5.91 Å². The molecule has 4 heteroatoms. The fourth-order valence-electron chi connectivity index (χ4n) is 3.41. The fourth-order valence-corrected chi connectivity index (χ4v) is 3.41. The molecule has 0 radical (unpaired) electrons. The van der Waals surface area contributed by atoms with E-state index in [9.17, 15) is 4.79 Å². The maximum absolute atomic E-state index is 12.3. The zero-order valence-electron chi connectivity index (χ0n) is 14.2. The summed E-state index contributed by atoms with van der Waals surface area (Å²) in [5.41, 5.74) is 1.13. The van der Waals surface area contributed by atoms with Crippen molar-refractivity contribution < 1.29 is 4.79 Å². The molecule has 0 atom stereocenters. The fraction of sp³-hybridized carbons (Fsp3) is 0.611. The molecular weight excluding hydrogens is 296 g/mol. The van der Waals surface area contributed by atoms with Gasteiger partial charge < -0.3 is 4.90 Å². The summed E-state index contributed by atoms with van der Waals surface area (Å²) in [5, 5.41) is 0. The Morgan fingerprint density at radius 2 is 1.73 bits per heavy atom. The smallest absolute Gasteiger partial charge is 0.227 e. The zero-order valence-corrected chi connectivity index (χ0v) is 15.0. The Labute approximate surface area is 141 Å². The van der Waals surface area contributed by atoms with Gasteiger partial charge in [-0.15, -0.1) is 12.4 Å². The molecule has 3 nitrogen and oxygen atoms in total. The van der Waals surface area contributed by atoms with Gasteiger partial charge in [-0.05, 0) is 37.4 Å². The van der Waals surface area contributed by atoms with Crippen LogP contribution in [0.5, 0.6) is 0 Å². The molecule has 1 aliphatic rings. The van der Waals surface area contributed by atoms with Crippen LogP contribution in [0, 0.1) is 11.3 Å². The second-order valence-corrected chi connectivity index (χ2v) is 6.96. The van der Waals surface area contributed by atoms with Crippen LogP contribution in [0.1, 0.15) is 32.3 Å². The molecule has 0 bridgehead atoms. The molecule has 22 heavy (non-hydrogen) atoms. The van der Waals surface area contributed by atoms with Gasteiger partial charge >= 0.3 is 0 Å². The Balaban J connectivity index is 0.00000242. The third kappa shape index (κ3) is 4.47. The number of carbonyl (C=O) groups is 1. The van der Waals surface area contributed by atoms with Crippen molar-refractivity contribution in [2.75, 3.05) is 27.2 Å². The molecule has 2 rings (SSSR count). The first kappa shape index (κ1) is 19.0. The maximum Gasteiger partial charge on any atom is 0.227 e. The van der Waals surface area contributed by atoms with Crippen molar-refractivity contribution in [2.45, 2.75) is 33.2 Å². The van der Waals surface area contributed by atoms with E-state index in [0.717, 1.165) is 32.5 Å². The minimum Gasteiger partial charge on any atom is -0.348 e. The van der Waals surface area contributed by atoms with Gasteiger partial charge in [-0.25, -0.2) is 0 Å². The Bertz CT molecular complexity index is 465. The first-order chi connectivity index (χ1) is 9.91. The number of hydrogen-bond acceptors (Lipinski definition) is 2. The van der Waals surface area contributed by atoms with Crippen LogP contribution in [0.25, 0.3) is 0 Å². The predicted molar refractivity (Wildman–Crippen MR) is 94.2 cm³/mol. The average Bonchev–Trinajstić information content (AvgIpc) is 2.48. The summed E-state index contributed by atoms with van der Waals surface area (Å²) in [7, 11) is 3.71. The second-order valence-electron chi connectivity index (χ2n) is 6.96. The number of halogens is 1. The Kier molecular flexibility index (Phi) is 6.89. The molecule has 1 amide bonds. The van der Waals surface area contributed by atoms with Crippen LogP contribution in [0.15, 0.2) is 30.3 Å². The van der Waals surface area contributed by atoms with Gasteiger partial charge in [-0.2, -0.15) is 0 Å². The first-order valence-corrected chi connectivity index (χ1v) is 7.89. The van der Waals surface area contributed by atoms with Crippen molar-refractivity contribution in [3.63, 3.8) is 0 Å². The van der Waals surface area contributed by atoms with E-state index >= 15 is 0 Å². The standard InChI is InChI=1S/C18H28N2O.ClH/c1-18(2,17(21)19(3)4)16-10-12-20(13-11-16)14-15-8-6-5-7-9-15;/h5-9,16H,10-14H2,1-4H3;1H. The van der Waals surface area contributed by atoms with Crippen molar-refractivity contribution >= 4 is 18.3 Å². The summed E-state index contributed by atoms with van der Waals surface area (Å²) < 4.78 is 0. The lowest BCUT2D eigenvalue weighted by Gasteiger charge is -2.40. The van der Waals surface area contributed by atoms with Crippen LogP contribution in [0.2, 0.25) is 0 Å². The summed E-state index contributed by atoms with van der Waals surface area (Å²) in [6.45, 7) is 7.41. The van der Waals surface area contributed by atoms with E-state index in [1.165, 1.54) is 5.56 Å². The van der Waals surface area contributed by atoms with Gasteiger partial charge in [0.25, 0.3) is 0 Å². The number of nitrogens with zero attached hydrogens (tertiary/aromatic N) is 2. The molecule has 1 aromatic carbocycles. The summed E-state index contributed by atoms with van der Waals surface area (Å²) in [4.78, 5) is 16.6. The predicted octanol–water partition coefficient (Wildman–Crippen LogP) is 3.43. The lowest BCUT2D eigenvalue weighted by molar-refractivity contribution is -0.141. The highest BCUT2D eigenvalue weighted by atomic mass is 35.5. The Morgan fingerprint density at radius 1 is 1.18 bits per heavy atom. The highest BCUT2D eigenvalue weighted by molar-refractivity contribution is 5.85. The van der Waals surface area contributed by atoms with Gasteiger partial charge in [0.1, 0.15) is 0 Å². The van der Waals surface area contributed by atoms with Crippen LogP contribution < -0.4 is 0 Å². The number of likely N-dealkylation sites (tertiary alicyclic amines) is 1. The second kappa shape index (κ2) is 7.98. The van der Waals surface area contributed by atoms with Crippen molar-refractivity contribution in [2.24, 2.45) is 11.3 Å². The lowest BCUT2D eigenvalue weighted by atomic mass is 9.72. The van der Waals surface area contributed by atoms with Crippen molar-refractivity contribution in [3.8, 4) is 0 Å². The molecular formula is C18H29ClN2O. The van der Waals surface area contributed by atoms with E-state index in [2.05, 4.69) is 49.1 Å². The molecule has 124 valence electrons. The number of amides is 1. The normalized spacial score (nSPS) is 16.9. The van der Waals surface area contributed by atoms with Crippen molar-refractivity contribution in [3.05, 3.63) is 35.9 Å². The van der Waals surface area contributed by atoms with Crippen LogP contribution in [0.3, 0.4) is 0 Å². The Hall–Kier alpha value is -1.06. The largest absolute Gasteiger partial charge is 0.348 e. The summed E-state index contributed by atoms with van der Waals surface area (Å²) >= 11 is 0.